The predicted octanol–water partition coefficient (Wildman–Crippen LogP) is 5.74. The molecule has 1 aliphatic heterocycles. The number of anilines is 1. The lowest BCUT2D eigenvalue weighted by atomic mass is 10.2. The van der Waals surface area contributed by atoms with Gasteiger partial charge < -0.3 is 5.32 Å². The van der Waals surface area contributed by atoms with E-state index < -0.39 is 5.25 Å². The van der Waals surface area contributed by atoms with Gasteiger partial charge in [-0.25, -0.2) is 4.99 Å². The molecule has 1 unspecified atom stereocenters. The number of hydrogen-bond donors (Lipinski definition) is 1. The molecule has 2 aromatic carbocycles. The Labute approximate surface area is 185 Å². The fraction of sp³-hybridized carbons (Fsp3) is 0.211. The van der Waals surface area contributed by atoms with Crippen molar-refractivity contribution >= 4 is 79.3 Å². The van der Waals surface area contributed by atoms with E-state index in [9.17, 15) is 9.59 Å². The molecule has 9 heteroatoms. The van der Waals surface area contributed by atoms with Crippen molar-refractivity contribution in [3.8, 4) is 0 Å². The number of para-hydroxylation sites is 1. The summed E-state index contributed by atoms with van der Waals surface area (Å²) in [6.45, 7) is 2.32. The van der Waals surface area contributed by atoms with Gasteiger partial charge in [-0.15, -0.1) is 0 Å². The molecule has 0 aromatic heterocycles. The quantitative estimate of drug-likeness (QED) is 0.569. The molecule has 1 heterocycles. The van der Waals surface area contributed by atoms with Gasteiger partial charge in [-0.1, -0.05) is 47.1 Å². The van der Waals surface area contributed by atoms with Crippen LogP contribution in [-0.2, 0) is 9.59 Å². The number of aliphatic imine (C=N–C) groups is 1. The van der Waals surface area contributed by atoms with Crippen LogP contribution < -0.4 is 5.32 Å². The van der Waals surface area contributed by atoms with E-state index in [0.29, 0.717) is 33.1 Å². The summed E-state index contributed by atoms with van der Waals surface area (Å²) in [5, 5.41) is 3.76. The minimum absolute atomic E-state index is 0.0522. The third kappa shape index (κ3) is 5.08. The summed E-state index contributed by atoms with van der Waals surface area (Å²) in [6.07, 6.45) is 0.0522. The Morgan fingerprint density at radius 3 is 2.57 bits per heavy atom. The van der Waals surface area contributed by atoms with Crippen LogP contribution in [0.2, 0.25) is 10.0 Å². The fourth-order valence-corrected chi connectivity index (χ4v) is 4.78. The summed E-state index contributed by atoms with van der Waals surface area (Å²) in [7, 11) is 0. The van der Waals surface area contributed by atoms with Gasteiger partial charge >= 0.3 is 0 Å². The lowest BCUT2D eigenvalue weighted by Crippen LogP contribution is -2.33. The van der Waals surface area contributed by atoms with Crippen LogP contribution in [-0.4, -0.2) is 33.7 Å². The Balaban J connectivity index is 1.75. The van der Waals surface area contributed by atoms with Crippen molar-refractivity contribution in [1.29, 1.82) is 0 Å². The number of rotatable bonds is 5. The van der Waals surface area contributed by atoms with Gasteiger partial charge in [0.05, 0.1) is 11.4 Å². The number of carbonyl (C=O) groups is 2. The van der Waals surface area contributed by atoms with Gasteiger partial charge in [0.15, 0.2) is 5.17 Å². The average Bonchev–Trinajstić information content (AvgIpc) is 2.90. The van der Waals surface area contributed by atoms with E-state index in [1.165, 1.54) is 11.8 Å². The number of carbonyl (C=O) groups excluding carboxylic acids is 2. The van der Waals surface area contributed by atoms with Crippen LogP contribution >= 0.6 is 50.9 Å². The van der Waals surface area contributed by atoms with Crippen molar-refractivity contribution < 1.29 is 9.59 Å². The third-order valence-electron chi connectivity index (χ3n) is 3.93. The van der Waals surface area contributed by atoms with Crippen LogP contribution in [0.25, 0.3) is 0 Å². The fourth-order valence-electron chi connectivity index (χ4n) is 2.66. The second-order valence-corrected chi connectivity index (χ2v) is 8.84. The molecule has 146 valence electrons. The van der Waals surface area contributed by atoms with Crippen molar-refractivity contribution in [3.63, 3.8) is 0 Å². The smallest absolute Gasteiger partial charge is 0.242 e. The molecule has 0 radical (unpaired) electrons. The highest BCUT2D eigenvalue weighted by atomic mass is 79.9. The molecule has 2 amide bonds. The summed E-state index contributed by atoms with van der Waals surface area (Å²) in [6, 6.07) is 12.3. The van der Waals surface area contributed by atoms with E-state index in [1.807, 2.05) is 25.1 Å². The van der Waals surface area contributed by atoms with E-state index in [-0.39, 0.29) is 18.2 Å². The van der Waals surface area contributed by atoms with E-state index >= 15 is 0 Å². The third-order valence-corrected chi connectivity index (χ3v) is 6.23. The van der Waals surface area contributed by atoms with Crippen molar-refractivity contribution in [2.45, 2.75) is 18.6 Å². The number of halogens is 3. The normalized spacial score (nSPS) is 18.0. The van der Waals surface area contributed by atoms with E-state index in [4.69, 9.17) is 23.2 Å². The number of nitrogens with zero attached hydrogens (tertiary/aromatic N) is 2. The van der Waals surface area contributed by atoms with Gasteiger partial charge in [-0.3, -0.25) is 14.5 Å². The summed E-state index contributed by atoms with van der Waals surface area (Å²) in [5.74, 6) is -0.373. The zero-order valence-corrected chi connectivity index (χ0v) is 18.7. The van der Waals surface area contributed by atoms with Crippen LogP contribution in [0.4, 0.5) is 11.4 Å². The minimum Gasteiger partial charge on any atom is -0.325 e. The van der Waals surface area contributed by atoms with E-state index in [1.54, 1.807) is 29.2 Å². The van der Waals surface area contributed by atoms with Crippen molar-refractivity contribution in [2.24, 2.45) is 4.99 Å². The van der Waals surface area contributed by atoms with Crippen LogP contribution in [0.5, 0.6) is 0 Å². The summed E-state index contributed by atoms with van der Waals surface area (Å²) in [4.78, 5) is 31.2. The van der Waals surface area contributed by atoms with Crippen molar-refractivity contribution in [3.05, 3.63) is 57.0 Å². The van der Waals surface area contributed by atoms with Gasteiger partial charge in [-0.05, 0) is 53.2 Å². The molecular formula is C19H16BrCl2N3O2S. The van der Waals surface area contributed by atoms with E-state index in [2.05, 4.69) is 26.2 Å². The molecule has 1 atom stereocenters. The zero-order chi connectivity index (χ0) is 20.3. The summed E-state index contributed by atoms with van der Waals surface area (Å²) >= 11 is 16.7. The maximum Gasteiger partial charge on any atom is 0.242 e. The van der Waals surface area contributed by atoms with Crippen LogP contribution in [0.3, 0.4) is 0 Å². The topological polar surface area (TPSA) is 61.8 Å². The molecule has 1 saturated heterocycles. The molecule has 0 saturated carbocycles. The average molecular weight is 501 g/mol. The van der Waals surface area contributed by atoms with Gasteiger partial charge in [0, 0.05) is 27.5 Å². The second kappa shape index (κ2) is 9.31. The minimum atomic E-state index is -0.532. The number of amides is 2. The van der Waals surface area contributed by atoms with Gasteiger partial charge in [0.25, 0.3) is 0 Å². The molecule has 0 bridgehead atoms. The molecule has 0 spiro atoms. The van der Waals surface area contributed by atoms with Gasteiger partial charge in [0.2, 0.25) is 11.8 Å². The number of benzene rings is 2. The summed E-state index contributed by atoms with van der Waals surface area (Å²) in [5.41, 5.74) is 1.22. The van der Waals surface area contributed by atoms with Gasteiger partial charge in [-0.2, -0.15) is 0 Å². The first-order valence-corrected chi connectivity index (χ1v) is 10.9. The maximum absolute atomic E-state index is 12.7. The molecule has 0 aliphatic carbocycles. The number of nitrogens with one attached hydrogen (secondary N) is 1. The highest BCUT2D eigenvalue weighted by Gasteiger charge is 2.38. The Kier molecular flexibility index (Phi) is 7.04. The van der Waals surface area contributed by atoms with Crippen molar-refractivity contribution in [1.82, 2.24) is 4.90 Å². The highest BCUT2D eigenvalue weighted by Crippen LogP contribution is 2.33. The lowest BCUT2D eigenvalue weighted by Gasteiger charge is -2.13. The second-order valence-electron chi connectivity index (χ2n) is 5.94. The SMILES string of the molecule is CCN1C(=O)C(CC(=O)Nc2ccccc2Br)SC1=Nc1cc(Cl)cc(Cl)c1. The predicted molar refractivity (Wildman–Crippen MR) is 120 cm³/mol. The van der Waals surface area contributed by atoms with Crippen LogP contribution in [0, 0.1) is 0 Å². The Hall–Kier alpha value is -1.54. The Morgan fingerprint density at radius 1 is 1.25 bits per heavy atom. The van der Waals surface area contributed by atoms with E-state index in [0.717, 1.165) is 4.47 Å². The van der Waals surface area contributed by atoms with Crippen molar-refractivity contribution in [2.75, 3.05) is 11.9 Å². The largest absolute Gasteiger partial charge is 0.325 e. The molecule has 1 fully saturated rings. The molecule has 28 heavy (non-hydrogen) atoms. The number of thioether (sulfide) groups is 1. The first-order valence-electron chi connectivity index (χ1n) is 8.44. The molecular weight excluding hydrogens is 485 g/mol. The molecule has 2 aromatic rings. The lowest BCUT2D eigenvalue weighted by molar-refractivity contribution is -0.128. The molecule has 1 N–H and O–H groups in total. The van der Waals surface area contributed by atoms with Gasteiger partial charge in [0.1, 0.15) is 5.25 Å². The molecule has 5 nitrogen and oxygen atoms in total. The molecule has 3 rings (SSSR count). The number of hydrogen-bond acceptors (Lipinski definition) is 4. The van der Waals surface area contributed by atoms with Crippen LogP contribution in [0.15, 0.2) is 51.9 Å². The first kappa shape index (κ1) is 21.2. The Bertz CT molecular complexity index is 934. The first-order chi connectivity index (χ1) is 13.4. The summed E-state index contributed by atoms with van der Waals surface area (Å²) < 4.78 is 0.782. The monoisotopic (exact) mass is 499 g/mol. The Morgan fingerprint density at radius 2 is 1.93 bits per heavy atom. The standard InChI is InChI=1S/C19H16BrCl2N3O2S/c1-2-25-18(27)16(10-17(26)24-15-6-4-3-5-14(15)20)28-19(25)23-13-8-11(21)7-12(22)9-13/h3-9,16H,2,10H2,1H3,(H,24,26). The number of amidine groups is 1. The van der Waals surface area contributed by atoms with Crippen LogP contribution in [0.1, 0.15) is 13.3 Å². The highest BCUT2D eigenvalue weighted by molar-refractivity contribution is 9.10. The molecule has 1 aliphatic rings. The zero-order valence-electron chi connectivity index (χ0n) is 14.8. The maximum atomic E-state index is 12.7.